The molecular weight excluding hydrogens is 210 g/mol. The molecule has 1 fully saturated rings. The summed E-state index contributed by atoms with van der Waals surface area (Å²) in [7, 11) is 0. The lowest BCUT2D eigenvalue weighted by atomic mass is 10.3. The average Bonchev–Trinajstić information content (AvgIpc) is 2.83. The van der Waals surface area contributed by atoms with Gasteiger partial charge in [-0.1, -0.05) is 6.92 Å². The third-order valence-corrected chi connectivity index (χ3v) is 3.73. The van der Waals surface area contributed by atoms with E-state index in [9.17, 15) is 4.79 Å². The van der Waals surface area contributed by atoms with Crippen molar-refractivity contribution < 1.29 is 4.79 Å². The van der Waals surface area contributed by atoms with Crippen LogP contribution in [-0.2, 0) is 17.8 Å². The SMILES string of the molecule is CCc1cnc(CNC(=O)C2(N)CC2)s1. The zero-order valence-electron chi connectivity index (χ0n) is 8.75. The molecule has 0 spiro atoms. The molecule has 0 saturated heterocycles. The largest absolute Gasteiger partial charge is 0.348 e. The van der Waals surface area contributed by atoms with Crippen LogP contribution in [0.4, 0.5) is 0 Å². The third kappa shape index (κ3) is 2.35. The van der Waals surface area contributed by atoms with E-state index in [0.29, 0.717) is 6.54 Å². The summed E-state index contributed by atoms with van der Waals surface area (Å²) in [6.45, 7) is 2.59. The molecule has 2 rings (SSSR count). The molecule has 1 heterocycles. The molecule has 1 saturated carbocycles. The van der Waals surface area contributed by atoms with Gasteiger partial charge < -0.3 is 11.1 Å². The molecule has 1 aromatic heterocycles. The van der Waals surface area contributed by atoms with Gasteiger partial charge in [-0.05, 0) is 19.3 Å². The second-order valence-electron chi connectivity index (χ2n) is 3.91. The van der Waals surface area contributed by atoms with E-state index in [1.807, 2.05) is 6.20 Å². The Balaban J connectivity index is 1.85. The zero-order chi connectivity index (χ0) is 10.9. The van der Waals surface area contributed by atoms with Crippen LogP contribution in [-0.4, -0.2) is 16.4 Å². The van der Waals surface area contributed by atoms with E-state index in [1.54, 1.807) is 11.3 Å². The number of amides is 1. The topological polar surface area (TPSA) is 68.0 Å². The summed E-state index contributed by atoms with van der Waals surface area (Å²) in [5.74, 6) is -0.0456. The minimum atomic E-state index is -0.579. The number of aromatic nitrogens is 1. The fourth-order valence-electron chi connectivity index (χ4n) is 1.29. The smallest absolute Gasteiger partial charge is 0.240 e. The fraction of sp³-hybridized carbons (Fsp3) is 0.600. The first-order valence-corrected chi connectivity index (χ1v) is 5.96. The van der Waals surface area contributed by atoms with Crippen LogP contribution in [0, 0.1) is 0 Å². The van der Waals surface area contributed by atoms with Crippen LogP contribution in [0.3, 0.4) is 0 Å². The van der Waals surface area contributed by atoms with Crippen LogP contribution in [0.5, 0.6) is 0 Å². The molecule has 0 atom stereocenters. The van der Waals surface area contributed by atoms with E-state index in [4.69, 9.17) is 5.73 Å². The number of carbonyl (C=O) groups is 1. The van der Waals surface area contributed by atoms with Crippen LogP contribution in [0.25, 0.3) is 0 Å². The summed E-state index contributed by atoms with van der Waals surface area (Å²) in [6, 6.07) is 0. The van der Waals surface area contributed by atoms with Crippen LogP contribution >= 0.6 is 11.3 Å². The Morgan fingerprint density at radius 2 is 2.47 bits per heavy atom. The van der Waals surface area contributed by atoms with Gasteiger partial charge in [-0.3, -0.25) is 4.79 Å². The van der Waals surface area contributed by atoms with Crippen molar-refractivity contribution in [2.45, 2.75) is 38.3 Å². The van der Waals surface area contributed by atoms with Crippen molar-refractivity contribution in [2.75, 3.05) is 0 Å². The van der Waals surface area contributed by atoms with Crippen LogP contribution in [0.1, 0.15) is 29.7 Å². The minimum Gasteiger partial charge on any atom is -0.348 e. The summed E-state index contributed by atoms with van der Waals surface area (Å²) in [4.78, 5) is 17.0. The van der Waals surface area contributed by atoms with Gasteiger partial charge in [-0.2, -0.15) is 0 Å². The van der Waals surface area contributed by atoms with E-state index in [-0.39, 0.29) is 5.91 Å². The van der Waals surface area contributed by atoms with E-state index in [2.05, 4.69) is 17.2 Å². The first kappa shape index (κ1) is 10.6. The first-order chi connectivity index (χ1) is 7.14. The molecule has 0 aromatic carbocycles. The van der Waals surface area contributed by atoms with Gasteiger partial charge in [0.05, 0.1) is 12.1 Å². The van der Waals surface area contributed by atoms with Gasteiger partial charge in [0.15, 0.2) is 0 Å². The fourth-order valence-corrected chi connectivity index (χ4v) is 2.09. The number of hydrogen-bond acceptors (Lipinski definition) is 4. The number of aryl methyl sites for hydroxylation is 1. The van der Waals surface area contributed by atoms with E-state index in [1.165, 1.54) is 4.88 Å². The van der Waals surface area contributed by atoms with Crippen molar-refractivity contribution in [1.29, 1.82) is 0 Å². The van der Waals surface area contributed by atoms with E-state index < -0.39 is 5.54 Å². The van der Waals surface area contributed by atoms with Crippen molar-refractivity contribution in [2.24, 2.45) is 5.73 Å². The Labute approximate surface area is 92.9 Å². The summed E-state index contributed by atoms with van der Waals surface area (Å²) in [5, 5.41) is 3.77. The zero-order valence-corrected chi connectivity index (χ0v) is 9.56. The van der Waals surface area contributed by atoms with Gasteiger partial charge in [0, 0.05) is 11.1 Å². The third-order valence-electron chi connectivity index (χ3n) is 2.59. The summed E-state index contributed by atoms with van der Waals surface area (Å²) < 4.78 is 0. The molecule has 0 radical (unpaired) electrons. The minimum absolute atomic E-state index is 0.0456. The lowest BCUT2D eigenvalue weighted by Gasteiger charge is -2.07. The first-order valence-electron chi connectivity index (χ1n) is 5.15. The molecule has 4 nitrogen and oxygen atoms in total. The number of nitrogens with two attached hydrogens (primary N) is 1. The van der Waals surface area contributed by atoms with Gasteiger partial charge in [-0.15, -0.1) is 11.3 Å². The van der Waals surface area contributed by atoms with Crippen molar-refractivity contribution in [3.63, 3.8) is 0 Å². The van der Waals surface area contributed by atoms with Gasteiger partial charge in [-0.25, -0.2) is 4.98 Å². The normalized spacial score (nSPS) is 17.5. The molecule has 15 heavy (non-hydrogen) atoms. The van der Waals surface area contributed by atoms with Gasteiger partial charge in [0.25, 0.3) is 0 Å². The number of thiazole rings is 1. The second kappa shape index (κ2) is 3.90. The van der Waals surface area contributed by atoms with E-state index in [0.717, 1.165) is 24.3 Å². The van der Waals surface area contributed by atoms with Gasteiger partial charge in [0.1, 0.15) is 5.01 Å². The molecule has 0 bridgehead atoms. The Kier molecular flexibility index (Phi) is 2.75. The maximum atomic E-state index is 11.5. The lowest BCUT2D eigenvalue weighted by Crippen LogP contribution is -2.42. The van der Waals surface area contributed by atoms with Crippen LogP contribution in [0.15, 0.2) is 6.20 Å². The Morgan fingerprint density at radius 1 is 1.73 bits per heavy atom. The monoisotopic (exact) mass is 225 g/mol. The molecule has 0 unspecified atom stereocenters. The molecule has 5 heteroatoms. The number of hydrogen-bond donors (Lipinski definition) is 2. The number of nitrogens with zero attached hydrogens (tertiary/aromatic N) is 1. The molecule has 1 aliphatic rings. The average molecular weight is 225 g/mol. The summed E-state index contributed by atoms with van der Waals surface area (Å²) in [5.41, 5.74) is 5.18. The molecule has 82 valence electrons. The quantitative estimate of drug-likeness (QED) is 0.797. The Bertz CT molecular complexity index is 370. The molecule has 1 aliphatic carbocycles. The van der Waals surface area contributed by atoms with Crippen molar-refractivity contribution in [3.8, 4) is 0 Å². The molecule has 3 N–H and O–H groups in total. The number of carbonyl (C=O) groups excluding carboxylic acids is 1. The van der Waals surface area contributed by atoms with Crippen molar-refractivity contribution in [1.82, 2.24) is 10.3 Å². The maximum absolute atomic E-state index is 11.5. The van der Waals surface area contributed by atoms with Crippen molar-refractivity contribution >= 4 is 17.2 Å². The predicted octanol–water partition coefficient (Wildman–Crippen LogP) is 0.813. The van der Waals surface area contributed by atoms with Crippen molar-refractivity contribution in [3.05, 3.63) is 16.1 Å². The highest BCUT2D eigenvalue weighted by atomic mass is 32.1. The molecular formula is C10H15N3OS. The van der Waals surface area contributed by atoms with Gasteiger partial charge >= 0.3 is 0 Å². The Hall–Kier alpha value is -0.940. The maximum Gasteiger partial charge on any atom is 0.240 e. The second-order valence-corrected chi connectivity index (χ2v) is 5.11. The molecule has 1 aromatic rings. The van der Waals surface area contributed by atoms with E-state index >= 15 is 0 Å². The number of nitrogens with one attached hydrogen (secondary N) is 1. The lowest BCUT2D eigenvalue weighted by molar-refractivity contribution is -0.123. The highest BCUT2D eigenvalue weighted by Gasteiger charge is 2.45. The molecule has 1 amide bonds. The summed E-state index contributed by atoms with van der Waals surface area (Å²) >= 11 is 1.64. The van der Waals surface area contributed by atoms with Crippen LogP contribution in [0.2, 0.25) is 0 Å². The standard InChI is InChI=1S/C10H15N3OS/c1-2-7-5-12-8(15-7)6-13-9(14)10(11)3-4-10/h5H,2-4,6,11H2,1H3,(H,13,14). The number of rotatable bonds is 4. The Morgan fingerprint density at radius 3 is 3.00 bits per heavy atom. The molecule has 0 aliphatic heterocycles. The highest BCUT2D eigenvalue weighted by Crippen LogP contribution is 2.32. The van der Waals surface area contributed by atoms with Crippen LogP contribution < -0.4 is 11.1 Å². The predicted molar refractivity (Wildman–Crippen MR) is 59.5 cm³/mol. The highest BCUT2D eigenvalue weighted by molar-refractivity contribution is 7.11. The van der Waals surface area contributed by atoms with Gasteiger partial charge in [0.2, 0.25) is 5.91 Å². The summed E-state index contributed by atoms with van der Waals surface area (Å²) in [6.07, 6.45) is 4.46.